The Morgan fingerprint density at radius 3 is 1.03 bits per heavy atom. The number of hydrogen-bond donors (Lipinski definition) is 3. The summed E-state index contributed by atoms with van der Waals surface area (Å²) in [5.74, 6) is -1.00. The van der Waals surface area contributed by atoms with Gasteiger partial charge in [-0.1, -0.05) is 182 Å². The van der Waals surface area contributed by atoms with Gasteiger partial charge in [-0.25, -0.2) is 0 Å². The predicted octanol–water partition coefficient (Wildman–Crippen LogP) is 10.7. The molecule has 0 aliphatic heterocycles. The quantitative estimate of drug-likeness (QED) is 0.0305. The predicted molar refractivity (Wildman–Crippen MR) is 254 cm³/mol. The fourth-order valence-electron chi connectivity index (χ4n) is 7.93. The summed E-state index contributed by atoms with van der Waals surface area (Å²) >= 11 is 0. The van der Waals surface area contributed by atoms with Crippen molar-refractivity contribution in [1.82, 2.24) is 9.80 Å². The molecule has 0 aromatic heterocycles. The molecule has 0 amide bonds. The standard InChI is InChI=1S/C51H100N2O9/c1-5-9-12-15-18-21-24-27-30-34-49(57)60-43-46(42-54)39-52(8-4)37-33-38-53(40-47(55)44-61-50(58)35-31-28-25-22-19-16-13-10-6-2)41-48(56)45-62-51(59)36-32-29-26-23-20-17-14-11-7-3/h46-48,54-56H,5-45H2,1-4H3. The summed E-state index contributed by atoms with van der Waals surface area (Å²) in [7, 11) is 0. The van der Waals surface area contributed by atoms with Crippen LogP contribution in [-0.2, 0) is 28.6 Å². The van der Waals surface area contributed by atoms with Crippen molar-refractivity contribution in [2.24, 2.45) is 5.92 Å². The highest BCUT2D eigenvalue weighted by atomic mass is 16.5. The van der Waals surface area contributed by atoms with E-state index in [2.05, 4.69) is 32.6 Å². The SMILES string of the molecule is CCCCCCCCCCCC(=O)OCC(O)CN(CCCN(CC)CC(CO)COC(=O)CCCCCCCCCCC)CC(O)COC(=O)CCCCCCCCCCC. The monoisotopic (exact) mass is 885 g/mol. The molecule has 3 unspecified atom stereocenters. The smallest absolute Gasteiger partial charge is 0.305 e. The molecule has 3 N–H and O–H groups in total. The normalized spacial score (nSPS) is 13.1. The zero-order chi connectivity index (χ0) is 45.7. The van der Waals surface area contributed by atoms with Gasteiger partial charge in [0, 0.05) is 44.8 Å². The maximum Gasteiger partial charge on any atom is 0.305 e. The summed E-state index contributed by atoms with van der Waals surface area (Å²) in [6.07, 6.45) is 31.6. The second kappa shape index (κ2) is 45.8. The highest BCUT2D eigenvalue weighted by Gasteiger charge is 2.20. The molecule has 368 valence electrons. The minimum Gasteiger partial charge on any atom is -0.465 e. The van der Waals surface area contributed by atoms with Crippen LogP contribution in [0, 0.1) is 5.92 Å². The number of unbranched alkanes of at least 4 members (excludes halogenated alkanes) is 24. The minimum atomic E-state index is -0.935. The fourth-order valence-corrected chi connectivity index (χ4v) is 7.93. The van der Waals surface area contributed by atoms with Crippen LogP contribution >= 0.6 is 0 Å². The van der Waals surface area contributed by atoms with Crippen LogP contribution in [0.2, 0.25) is 0 Å². The van der Waals surface area contributed by atoms with Crippen molar-refractivity contribution in [3.63, 3.8) is 0 Å². The molecule has 0 rings (SSSR count). The number of hydrogen-bond acceptors (Lipinski definition) is 11. The van der Waals surface area contributed by atoms with Crippen LogP contribution in [0.15, 0.2) is 0 Å². The number of rotatable bonds is 48. The summed E-state index contributed by atoms with van der Waals surface area (Å²) in [5, 5.41) is 31.9. The Hall–Kier alpha value is -1.79. The van der Waals surface area contributed by atoms with Gasteiger partial charge in [-0.05, 0) is 45.3 Å². The summed E-state index contributed by atoms with van der Waals surface area (Å²) in [5.41, 5.74) is 0. The van der Waals surface area contributed by atoms with E-state index in [9.17, 15) is 29.7 Å². The molecule has 0 aliphatic rings. The topological polar surface area (TPSA) is 146 Å². The molecule has 0 aromatic rings. The molecule has 0 saturated heterocycles. The number of esters is 3. The van der Waals surface area contributed by atoms with E-state index in [0.29, 0.717) is 45.3 Å². The Morgan fingerprint density at radius 1 is 0.403 bits per heavy atom. The zero-order valence-electron chi connectivity index (χ0n) is 40.9. The third-order valence-corrected chi connectivity index (χ3v) is 11.9. The third kappa shape index (κ3) is 40.9. The van der Waals surface area contributed by atoms with Gasteiger partial charge >= 0.3 is 17.9 Å². The lowest BCUT2D eigenvalue weighted by Crippen LogP contribution is -2.43. The van der Waals surface area contributed by atoms with Gasteiger partial charge in [0.05, 0.1) is 13.2 Å². The first-order valence-electron chi connectivity index (χ1n) is 26.1. The molecule has 0 radical (unpaired) electrons. The third-order valence-electron chi connectivity index (χ3n) is 11.9. The van der Waals surface area contributed by atoms with Crippen molar-refractivity contribution in [2.75, 3.05) is 65.7 Å². The molecular formula is C51H100N2O9. The van der Waals surface area contributed by atoms with Crippen molar-refractivity contribution >= 4 is 17.9 Å². The largest absolute Gasteiger partial charge is 0.465 e. The molecule has 11 nitrogen and oxygen atoms in total. The van der Waals surface area contributed by atoms with Crippen LogP contribution in [0.25, 0.3) is 0 Å². The van der Waals surface area contributed by atoms with E-state index in [4.69, 9.17) is 14.2 Å². The molecule has 0 heterocycles. The van der Waals surface area contributed by atoms with E-state index < -0.39 is 12.2 Å². The zero-order valence-corrected chi connectivity index (χ0v) is 40.9. The molecule has 3 atom stereocenters. The highest BCUT2D eigenvalue weighted by molar-refractivity contribution is 5.69. The number of ether oxygens (including phenoxy) is 3. The van der Waals surface area contributed by atoms with Gasteiger partial charge in [0.2, 0.25) is 0 Å². The van der Waals surface area contributed by atoms with E-state index in [1.54, 1.807) is 0 Å². The van der Waals surface area contributed by atoms with Crippen LogP contribution in [0.5, 0.6) is 0 Å². The van der Waals surface area contributed by atoms with Crippen LogP contribution in [0.1, 0.15) is 227 Å². The molecule has 0 fully saturated rings. The molecule has 0 aliphatic carbocycles. The molecule has 62 heavy (non-hydrogen) atoms. The lowest BCUT2D eigenvalue weighted by Gasteiger charge is -2.29. The molecule has 0 spiro atoms. The number of aliphatic hydroxyl groups excluding tert-OH is 3. The summed E-state index contributed by atoms with van der Waals surface area (Å²) in [4.78, 5) is 41.5. The lowest BCUT2D eigenvalue weighted by atomic mass is 10.1. The Kier molecular flexibility index (Phi) is 44.4. The van der Waals surface area contributed by atoms with Gasteiger partial charge in [-0.15, -0.1) is 0 Å². The van der Waals surface area contributed by atoms with Crippen molar-refractivity contribution in [1.29, 1.82) is 0 Å². The van der Waals surface area contributed by atoms with Gasteiger partial charge in [-0.3, -0.25) is 19.3 Å². The van der Waals surface area contributed by atoms with Crippen molar-refractivity contribution in [2.45, 2.75) is 239 Å². The number of carbonyl (C=O) groups is 3. The van der Waals surface area contributed by atoms with E-state index in [-0.39, 0.29) is 63.3 Å². The van der Waals surface area contributed by atoms with Crippen molar-refractivity contribution < 1.29 is 43.9 Å². The molecule has 0 bridgehead atoms. The van der Waals surface area contributed by atoms with Crippen LogP contribution < -0.4 is 0 Å². The van der Waals surface area contributed by atoms with Crippen LogP contribution in [0.3, 0.4) is 0 Å². The summed E-state index contributed by atoms with van der Waals surface area (Å²) in [6.45, 7) is 11.5. The Bertz CT molecular complexity index is 956. The van der Waals surface area contributed by atoms with E-state index in [0.717, 1.165) is 64.3 Å². The Morgan fingerprint density at radius 2 is 0.710 bits per heavy atom. The summed E-state index contributed by atoms with van der Waals surface area (Å²) in [6, 6.07) is 0. The number of aliphatic hydroxyl groups is 3. The second-order valence-corrected chi connectivity index (χ2v) is 18.1. The maximum absolute atomic E-state index is 12.4. The average molecular weight is 885 g/mol. The van der Waals surface area contributed by atoms with Gasteiger partial charge in [-0.2, -0.15) is 0 Å². The Balaban J connectivity index is 4.87. The van der Waals surface area contributed by atoms with Gasteiger partial charge in [0.15, 0.2) is 0 Å². The van der Waals surface area contributed by atoms with E-state index >= 15 is 0 Å². The first-order chi connectivity index (χ1) is 30.2. The minimum absolute atomic E-state index is 0.0813. The van der Waals surface area contributed by atoms with Gasteiger partial charge in [0.1, 0.15) is 25.4 Å². The molecule has 0 aromatic carbocycles. The van der Waals surface area contributed by atoms with Crippen LogP contribution in [-0.4, -0.2) is 121 Å². The van der Waals surface area contributed by atoms with Gasteiger partial charge in [0.25, 0.3) is 0 Å². The average Bonchev–Trinajstić information content (AvgIpc) is 3.26. The Labute approximate surface area is 381 Å². The maximum atomic E-state index is 12.4. The van der Waals surface area contributed by atoms with Crippen molar-refractivity contribution in [3.05, 3.63) is 0 Å². The first-order valence-corrected chi connectivity index (χ1v) is 26.1. The second-order valence-electron chi connectivity index (χ2n) is 18.1. The molecule has 11 heteroatoms. The fraction of sp³-hybridized carbons (Fsp3) is 0.941. The van der Waals surface area contributed by atoms with Gasteiger partial charge < -0.3 is 34.4 Å². The van der Waals surface area contributed by atoms with Crippen molar-refractivity contribution in [3.8, 4) is 0 Å². The number of carbonyl (C=O) groups excluding carboxylic acids is 3. The number of nitrogens with zero attached hydrogens (tertiary/aromatic N) is 2. The first kappa shape index (κ1) is 60.2. The van der Waals surface area contributed by atoms with Crippen LogP contribution in [0.4, 0.5) is 0 Å². The highest BCUT2D eigenvalue weighted by Crippen LogP contribution is 2.14. The summed E-state index contributed by atoms with van der Waals surface area (Å²) < 4.78 is 16.4. The van der Waals surface area contributed by atoms with E-state index in [1.165, 1.54) is 116 Å². The molecule has 0 saturated carbocycles. The van der Waals surface area contributed by atoms with E-state index in [1.807, 2.05) is 4.90 Å². The molecular weight excluding hydrogens is 785 g/mol. The lowest BCUT2D eigenvalue weighted by molar-refractivity contribution is -0.148.